The Morgan fingerprint density at radius 1 is 1.25 bits per heavy atom. The number of Topliss-reactive ketones (excluding diaryl/α,β-unsaturated/α-hetero) is 1. The van der Waals surface area contributed by atoms with Crippen molar-refractivity contribution in [2.24, 2.45) is 11.3 Å². The van der Waals surface area contributed by atoms with Gasteiger partial charge in [0.1, 0.15) is 15.6 Å². The van der Waals surface area contributed by atoms with Crippen molar-refractivity contribution in [3.8, 4) is 0 Å². The number of carbonyl (C=O) groups excluding carboxylic acids is 1. The van der Waals surface area contributed by atoms with Gasteiger partial charge in [-0.15, -0.1) is 0 Å². The van der Waals surface area contributed by atoms with E-state index in [1.807, 2.05) is 0 Å². The maximum atomic E-state index is 11.6. The Labute approximate surface area is 99.5 Å². The third-order valence-corrected chi connectivity index (χ3v) is 4.01. The molecule has 0 aliphatic heterocycles. The van der Waals surface area contributed by atoms with E-state index in [0.717, 1.165) is 0 Å². The van der Waals surface area contributed by atoms with Gasteiger partial charge in [0, 0.05) is 19.1 Å². The summed E-state index contributed by atoms with van der Waals surface area (Å²) in [7, 11) is -2.93. The minimum absolute atomic E-state index is 0.114. The summed E-state index contributed by atoms with van der Waals surface area (Å²) in [4.78, 5) is 11.6. The minimum Gasteiger partial charge on any atom is -0.300 e. The number of rotatable bonds is 6. The first kappa shape index (κ1) is 15.6. The van der Waals surface area contributed by atoms with E-state index in [9.17, 15) is 13.2 Å². The summed E-state index contributed by atoms with van der Waals surface area (Å²) >= 11 is 0. The van der Waals surface area contributed by atoms with Crippen molar-refractivity contribution in [2.75, 3.05) is 12.0 Å². The number of ketones is 1. The van der Waals surface area contributed by atoms with Gasteiger partial charge in [-0.3, -0.25) is 4.79 Å². The molecule has 0 saturated heterocycles. The third-order valence-electron chi connectivity index (χ3n) is 2.98. The number of carbonyl (C=O) groups is 1. The molecule has 0 N–H and O–H groups in total. The van der Waals surface area contributed by atoms with Gasteiger partial charge in [-0.1, -0.05) is 27.7 Å². The van der Waals surface area contributed by atoms with Gasteiger partial charge in [0.05, 0.1) is 5.75 Å². The van der Waals surface area contributed by atoms with E-state index >= 15 is 0 Å². The fraction of sp³-hybridized carbons (Fsp3) is 0.917. The molecule has 0 radical (unpaired) electrons. The standard InChI is InChI=1S/C12H24O3S/c1-10(12(2,3)4)9-11(13)7-6-8-16(5,14)15/h10H,6-9H2,1-5H3. The number of hydrogen-bond acceptors (Lipinski definition) is 3. The van der Waals surface area contributed by atoms with Crippen molar-refractivity contribution in [3.05, 3.63) is 0 Å². The van der Waals surface area contributed by atoms with Gasteiger partial charge in [0.15, 0.2) is 0 Å². The molecule has 0 spiro atoms. The Bertz CT molecular complexity index is 323. The Balaban J connectivity index is 3.93. The first-order valence-corrected chi connectivity index (χ1v) is 7.78. The van der Waals surface area contributed by atoms with Crippen molar-refractivity contribution in [2.45, 2.75) is 47.0 Å². The van der Waals surface area contributed by atoms with E-state index in [1.165, 1.54) is 6.26 Å². The quantitative estimate of drug-likeness (QED) is 0.725. The van der Waals surface area contributed by atoms with Crippen LogP contribution in [0, 0.1) is 11.3 Å². The molecular formula is C12H24O3S. The lowest BCUT2D eigenvalue weighted by Crippen LogP contribution is -2.20. The normalized spacial score (nSPS) is 14.8. The van der Waals surface area contributed by atoms with Crippen molar-refractivity contribution >= 4 is 15.6 Å². The fourth-order valence-corrected chi connectivity index (χ4v) is 1.95. The highest BCUT2D eigenvalue weighted by atomic mass is 32.2. The highest BCUT2D eigenvalue weighted by Gasteiger charge is 2.22. The second-order valence-corrected chi connectivity index (χ2v) is 8.00. The van der Waals surface area contributed by atoms with Crippen molar-refractivity contribution in [1.82, 2.24) is 0 Å². The van der Waals surface area contributed by atoms with Crippen molar-refractivity contribution in [3.63, 3.8) is 0 Å². The van der Waals surface area contributed by atoms with E-state index in [2.05, 4.69) is 27.7 Å². The van der Waals surface area contributed by atoms with Crippen LogP contribution in [0.3, 0.4) is 0 Å². The minimum atomic E-state index is -2.93. The topological polar surface area (TPSA) is 51.2 Å². The van der Waals surface area contributed by atoms with Gasteiger partial charge in [0.25, 0.3) is 0 Å². The molecule has 0 amide bonds. The summed E-state index contributed by atoms with van der Waals surface area (Å²) in [5.41, 5.74) is 0.131. The molecule has 0 bridgehead atoms. The smallest absolute Gasteiger partial charge is 0.147 e. The zero-order chi connectivity index (χ0) is 13.0. The molecule has 0 aliphatic carbocycles. The highest BCUT2D eigenvalue weighted by molar-refractivity contribution is 7.90. The van der Waals surface area contributed by atoms with Crippen LogP contribution < -0.4 is 0 Å². The van der Waals surface area contributed by atoms with Crippen molar-refractivity contribution < 1.29 is 13.2 Å². The average molecular weight is 248 g/mol. The molecule has 0 saturated carbocycles. The summed E-state index contributed by atoms with van der Waals surface area (Å²) in [5.74, 6) is 0.618. The van der Waals surface area contributed by atoms with Crippen LogP contribution in [-0.4, -0.2) is 26.2 Å². The summed E-state index contributed by atoms with van der Waals surface area (Å²) in [6.45, 7) is 8.40. The molecule has 3 nitrogen and oxygen atoms in total. The molecule has 16 heavy (non-hydrogen) atoms. The van der Waals surface area contributed by atoms with Crippen LogP contribution in [0.4, 0.5) is 0 Å². The van der Waals surface area contributed by atoms with Crippen LogP contribution in [0.2, 0.25) is 0 Å². The Hall–Kier alpha value is -0.380. The van der Waals surface area contributed by atoms with E-state index in [-0.39, 0.29) is 17.0 Å². The zero-order valence-corrected chi connectivity index (χ0v) is 11.9. The van der Waals surface area contributed by atoms with Crippen LogP contribution >= 0.6 is 0 Å². The third kappa shape index (κ3) is 7.85. The first-order valence-electron chi connectivity index (χ1n) is 5.72. The molecule has 0 aromatic carbocycles. The molecule has 96 valence electrons. The Morgan fingerprint density at radius 3 is 2.12 bits per heavy atom. The molecule has 0 aliphatic rings. The average Bonchev–Trinajstić information content (AvgIpc) is 1.99. The van der Waals surface area contributed by atoms with Gasteiger partial charge >= 0.3 is 0 Å². The molecule has 0 rings (SSSR count). The Morgan fingerprint density at radius 2 is 1.75 bits per heavy atom. The lowest BCUT2D eigenvalue weighted by molar-refractivity contribution is -0.120. The van der Waals surface area contributed by atoms with Crippen LogP contribution in [-0.2, 0) is 14.6 Å². The number of sulfone groups is 1. The highest BCUT2D eigenvalue weighted by Crippen LogP contribution is 2.28. The molecule has 4 heteroatoms. The summed E-state index contributed by atoms with van der Waals surface area (Å²) in [6.07, 6.45) is 2.59. The maximum absolute atomic E-state index is 11.6. The molecular weight excluding hydrogens is 224 g/mol. The largest absolute Gasteiger partial charge is 0.300 e. The summed E-state index contributed by atoms with van der Waals surface area (Å²) in [5, 5.41) is 0. The molecule has 0 aromatic rings. The first-order chi connectivity index (χ1) is 7.02. The predicted octanol–water partition coefficient (Wildman–Crippen LogP) is 2.45. The van der Waals surface area contributed by atoms with Crippen LogP contribution in [0.25, 0.3) is 0 Å². The van der Waals surface area contributed by atoms with Gasteiger partial charge in [-0.25, -0.2) is 8.42 Å². The van der Waals surface area contributed by atoms with Crippen LogP contribution in [0.15, 0.2) is 0 Å². The molecule has 1 unspecified atom stereocenters. The van der Waals surface area contributed by atoms with Gasteiger partial charge in [-0.05, 0) is 17.8 Å². The SMILES string of the molecule is CC(CC(=O)CCCS(C)(=O)=O)C(C)(C)C. The summed E-state index contributed by atoms with van der Waals surface area (Å²) < 4.78 is 21.8. The molecule has 0 aromatic heterocycles. The van der Waals surface area contributed by atoms with Gasteiger partial charge in [-0.2, -0.15) is 0 Å². The van der Waals surface area contributed by atoms with Crippen molar-refractivity contribution in [1.29, 1.82) is 0 Å². The second kappa shape index (κ2) is 5.80. The Kier molecular flexibility index (Phi) is 5.66. The van der Waals surface area contributed by atoms with E-state index < -0.39 is 9.84 Å². The summed E-state index contributed by atoms with van der Waals surface area (Å²) in [6, 6.07) is 0. The van der Waals surface area contributed by atoms with Crippen LogP contribution in [0.1, 0.15) is 47.0 Å². The fourth-order valence-electron chi connectivity index (χ4n) is 1.28. The maximum Gasteiger partial charge on any atom is 0.147 e. The predicted molar refractivity (Wildman–Crippen MR) is 67.2 cm³/mol. The van der Waals surface area contributed by atoms with Gasteiger partial charge < -0.3 is 0 Å². The second-order valence-electron chi connectivity index (χ2n) is 5.74. The monoisotopic (exact) mass is 248 g/mol. The van der Waals surface area contributed by atoms with Crippen LogP contribution in [0.5, 0.6) is 0 Å². The van der Waals surface area contributed by atoms with Gasteiger partial charge in [0.2, 0.25) is 0 Å². The molecule has 1 atom stereocenters. The van der Waals surface area contributed by atoms with E-state index in [1.54, 1.807) is 0 Å². The molecule has 0 heterocycles. The lowest BCUT2D eigenvalue weighted by atomic mass is 9.79. The lowest BCUT2D eigenvalue weighted by Gasteiger charge is -2.26. The zero-order valence-electron chi connectivity index (χ0n) is 11.0. The molecule has 0 fully saturated rings. The number of hydrogen-bond donors (Lipinski definition) is 0. The van der Waals surface area contributed by atoms with E-state index in [0.29, 0.717) is 25.2 Å². The van der Waals surface area contributed by atoms with E-state index in [4.69, 9.17) is 0 Å².